The molecule has 0 amide bonds. The molecule has 0 bridgehead atoms. The van der Waals surface area contributed by atoms with E-state index in [1.54, 1.807) is 30.6 Å². The van der Waals surface area contributed by atoms with Crippen LogP contribution in [0.4, 0.5) is 5.69 Å². The first-order chi connectivity index (χ1) is 13.4. The van der Waals surface area contributed by atoms with E-state index < -0.39 is 10.0 Å². The summed E-state index contributed by atoms with van der Waals surface area (Å²) in [6.07, 6.45) is 5.33. The number of halogens is 1. The highest BCUT2D eigenvalue weighted by molar-refractivity contribution is 7.89. The summed E-state index contributed by atoms with van der Waals surface area (Å²) in [5.41, 5.74) is 2.10. The van der Waals surface area contributed by atoms with E-state index in [1.165, 1.54) is 0 Å². The van der Waals surface area contributed by atoms with Gasteiger partial charge in [0.1, 0.15) is 0 Å². The number of H-pyrrole nitrogens is 1. The summed E-state index contributed by atoms with van der Waals surface area (Å²) >= 11 is 0. The normalized spacial score (nSPS) is 12.6. The molecule has 2 heterocycles. The minimum Gasteiger partial charge on any atom is -0.371 e. The summed E-state index contributed by atoms with van der Waals surface area (Å²) in [4.78, 5) is 9.62. The molecule has 2 aromatic heterocycles. The molecule has 0 saturated carbocycles. The quantitative estimate of drug-likeness (QED) is 0.485. The number of rotatable bonds is 6. The zero-order valence-corrected chi connectivity index (χ0v) is 17.8. The van der Waals surface area contributed by atoms with Crippen molar-refractivity contribution in [2.75, 3.05) is 18.5 Å². The van der Waals surface area contributed by atoms with Gasteiger partial charge in [-0.15, -0.1) is 12.4 Å². The predicted octanol–water partition coefficient (Wildman–Crippen LogP) is 3.94. The number of aromatic nitrogens is 2. The standard InChI is InChI=1S/C21H22N4O2S.ClH/c1-15(14-25(2)21-13-23-20-6-4-3-5-19(20)21)24-28(26,27)18-8-7-17-12-22-10-9-16(17)11-18;/h3-13,15,23-24H,14H2,1-2H3;1H/t15-;/m1./s1. The molecule has 4 aromatic rings. The minimum absolute atomic E-state index is 0. The van der Waals surface area contributed by atoms with Gasteiger partial charge in [0.2, 0.25) is 10.0 Å². The van der Waals surface area contributed by atoms with Crippen molar-refractivity contribution in [2.45, 2.75) is 17.9 Å². The van der Waals surface area contributed by atoms with E-state index in [1.807, 2.05) is 44.4 Å². The van der Waals surface area contributed by atoms with E-state index >= 15 is 0 Å². The van der Waals surface area contributed by atoms with Crippen LogP contribution >= 0.6 is 12.4 Å². The fourth-order valence-electron chi connectivity index (χ4n) is 3.48. The smallest absolute Gasteiger partial charge is 0.240 e. The number of hydrogen-bond donors (Lipinski definition) is 2. The zero-order valence-electron chi connectivity index (χ0n) is 16.2. The fourth-order valence-corrected chi connectivity index (χ4v) is 4.75. The molecule has 0 saturated heterocycles. The van der Waals surface area contributed by atoms with Crippen LogP contribution in [0.5, 0.6) is 0 Å². The van der Waals surface area contributed by atoms with Gasteiger partial charge in [0.15, 0.2) is 0 Å². The Bertz CT molecular complexity index is 1240. The van der Waals surface area contributed by atoms with Gasteiger partial charge in [0, 0.05) is 54.5 Å². The highest BCUT2D eigenvalue weighted by atomic mass is 35.5. The van der Waals surface area contributed by atoms with E-state index in [0.717, 1.165) is 27.4 Å². The minimum atomic E-state index is -3.61. The second kappa shape index (κ2) is 8.41. The Morgan fingerprint density at radius 2 is 1.93 bits per heavy atom. The molecule has 0 aliphatic carbocycles. The molecule has 2 aromatic carbocycles. The van der Waals surface area contributed by atoms with Gasteiger partial charge < -0.3 is 9.88 Å². The van der Waals surface area contributed by atoms with Gasteiger partial charge in [-0.25, -0.2) is 13.1 Å². The fraction of sp³-hybridized carbons (Fsp3) is 0.190. The van der Waals surface area contributed by atoms with E-state index in [-0.39, 0.29) is 23.3 Å². The van der Waals surface area contributed by atoms with Crippen LogP contribution in [0.1, 0.15) is 6.92 Å². The van der Waals surface area contributed by atoms with Gasteiger partial charge in [-0.1, -0.05) is 24.3 Å². The van der Waals surface area contributed by atoms with Crippen LogP contribution in [-0.4, -0.2) is 38.0 Å². The van der Waals surface area contributed by atoms with Crippen molar-refractivity contribution in [1.82, 2.24) is 14.7 Å². The molecule has 6 nitrogen and oxygen atoms in total. The molecular weight excluding hydrogens is 408 g/mol. The molecule has 8 heteroatoms. The monoisotopic (exact) mass is 430 g/mol. The van der Waals surface area contributed by atoms with Crippen LogP contribution in [-0.2, 0) is 10.0 Å². The van der Waals surface area contributed by atoms with Gasteiger partial charge in [0.05, 0.1) is 10.6 Å². The number of fused-ring (bicyclic) bond motifs is 2. The van der Waals surface area contributed by atoms with Gasteiger partial charge >= 0.3 is 0 Å². The number of likely N-dealkylation sites (N-methyl/N-ethyl adjacent to an activating group) is 1. The van der Waals surface area contributed by atoms with Crippen molar-refractivity contribution >= 4 is 49.8 Å². The third kappa shape index (κ3) is 4.37. The number of pyridine rings is 1. The molecule has 29 heavy (non-hydrogen) atoms. The van der Waals surface area contributed by atoms with Crippen molar-refractivity contribution in [3.05, 3.63) is 67.1 Å². The third-order valence-electron chi connectivity index (χ3n) is 4.81. The summed E-state index contributed by atoms with van der Waals surface area (Å²) in [5, 5.41) is 2.87. The van der Waals surface area contributed by atoms with E-state index in [2.05, 4.69) is 25.7 Å². The number of sulfonamides is 1. The molecule has 152 valence electrons. The first-order valence-electron chi connectivity index (χ1n) is 9.07. The Hall–Kier alpha value is -2.61. The van der Waals surface area contributed by atoms with Crippen LogP contribution in [0, 0.1) is 0 Å². The molecule has 1 atom stereocenters. The molecule has 4 rings (SSSR count). The van der Waals surface area contributed by atoms with Crippen molar-refractivity contribution in [3.63, 3.8) is 0 Å². The summed E-state index contributed by atoms with van der Waals surface area (Å²) in [7, 11) is -1.65. The lowest BCUT2D eigenvalue weighted by molar-refractivity contribution is 0.560. The molecule has 0 unspecified atom stereocenters. The Balaban J connectivity index is 0.00000240. The second-order valence-corrected chi connectivity index (χ2v) is 8.72. The van der Waals surface area contributed by atoms with Crippen molar-refractivity contribution in [3.8, 4) is 0 Å². The van der Waals surface area contributed by atoms with Crippen LogP contribution in [0.3, 0.4) is 0 Å². The summed E-state index contributed by atoms with van der Waals surface area (Å²) in [6, 6.07) is 14.7. The molecule has 0 aliphatic rings. The van der Waals surface area contributed by atoms with Crippen molar-refractivity contribution < 1.29 is 8.42 Å². The lowest BCUT2D eigenvalue weighted by Crippen LogP contribution is -2.40. The number of benzene rings is 2. The van der Waals surface area contributed by atoms with Gasteiger partial charge in [-0.3, -0.25) is 4.98 Å². The van der Waals surface area contributed by atoms with Gasteiger partial charge in [0.25, 0.3) is 0 Å². The molecular formula is C21H23ClN4O2S. The maximum absolute atomic E-state index is 12.8. The first-order valence-corrected chi connectivity index (χ1v) is 10.6. The topological polar surface area (TPSA) is 78.1 Å². The highest BCUT2D eigenvalue weighted by Gasteiger charge is 2.19. The molecule has 2 N–H and O–H groups in total. The number of hydrogen-bond acceptors (Lipinski definition) is 4. The largest absolute Gasteiger partial charge is 0.371 e. The third-order valence-corrected chi connectivity index (χ3v) is 6.39. The molecule has 0 aliphatic heterocycles. The average Bonchev–Trinajstić information content (AvgIpc) is 3.11. The number of anilines is 1. The number of nitrogens with zero attached hydrogens (tertiary/aromatic N) is 2. The van der Waals surface area contributed by atoms with Crippen molar-refractivity contribution in [2.24, 2.45) is 0 Å². The Kier molecular flexibility index (Phi) is 6.12. The van der Waals surface area contributed by atoms with E-state index in [4.69, 9.17) is 0 Å². The highest BCUT2D eigenvalue weighted by Crippen LogP contribution is 2.25. The lowest BCUT2D eigenvalue weighted by atomic mass is 10.2. The van der Waals surface area contributed by atoms with Crippen LogP contribution in [0.15, 0.2) is 72.0 Å². The van der Waals surface area contributed by atoms with Gasteiger partial charge in [-0.2, -0.15) is 0 Å². The first kappa shape index (κ1) is 21.1. The van der Waals surface area contributed by atoms with Crippen LogP contribution in [0.25, 0.3) is 21.7 Å². The van der Waals surface area contributed by atoms with Crippen LogP contribution in [0.2, 0.25) is 0 Å². The Labute approximate surface area is 176 Å². The summed E-state index contributed by atoms with van der Waals surface area (Å²) in [6.45, 7) is 2.41. The maximum Gasteiger partial charge on any atom is 0.240 e. The average molecular weight is 431 g/mol. The predicted molar refractivity (Wildman–Crippen MR) is 120 cm³/mol. The number of aromatic amines is 1. The Morgan fingerprint density at radius 1 is 1.14 bits per heavy atom. The van der Waals surface area contributed by atoms with E-state index in [0.29, 0.717) is 6.54 Å². The van der Waals surface area contributed by atoms with E-state index in [9.17, 15) is 8.42 Å². The number of para-hydroxylation sites is 1. The summed E-state index contributed by atoms with van der Waals surface area (Å²) in [5.74, 6) is 0. The van der Waals surface area contributed by atoms with Crippen molar-refractivity contribution in [1.29, 1.82) is 0 Å². The zero-order chi connectivity index (χ0) is 19.7. The number of nitrogens with one attached hydrogen (secondary N) is 2. The van der Waals surface area contributed by atoms with Gasteiger partial charge in [-0.05, 0) is 36.6 Å². The maximum atomic E-state index is 12.8. The SMILES string of the molecule is C[C@H](CN(C)c1c[nH]c2ccccc12)NS(=O)(=O)c1ccc2cnccc2c1.Cl. The lowest BCUT2D eigenvalue weighted by Gasteiger charge is -2.23. The van der Waals surface area contributed by atoms with Crippen LogP contribution < -0.4 is 9.62 Å². The second-order valence-electron chi connectivity index (χ2n) is 7.01. The Morgan fingerprint density at radius 3 is 2.76 bits per heavy atom. The molecule has 0 radical (unpaired) electrons. The summed E-state index contributed by atoms with van der Waals surface area (Å²) < 4.78 is 28.4. The molecule has 0 fully saturated rings. The molecule has 0 spiro atoms.